The topological polar surface area (TPSA) is 73.1 Å². The number of esters is 1. The number of allylic oxidation sites excluding steroid dienone is 1. The molecular weight excluding hydrogens is 481 g/mol. The molecule has 2 aliphatic rings. The summed E-state index contributed by atoms with van der Waals surface area (Å²) < 4.78 is 26.4. The summed E-state index contributed by atoms with van der Waals surface area (Å²) in [5, 5.41) is 0. The molecule has 1 atom stereocenters. The Hall–Kier alpha value is -3.56. The fraction of sp³-hybridized carbons (Fsp3) is 0.296. The third-order valence-electron chi connectivity index (χ3n) is 6.27. The van der Waals surface area contributed by atoms with Crippen molar-refractivity contribution in [2.75, 3.05) is 37.8 Å². The highest BCUT2D eigenvalue weighted by Crippen LogP contribution is 2.30. The number of nitrogens with zero attached hydrogens (tertiary/aromatic N) is 3. The van der Waals surface area contributed by atoms with Crippen LogP contribution in [0.4, 0.5) is 10.1 Å². The Morgan fingerprint density at radius 1 is 1.17 bits per heavy atom. The second-order valence-corrected chi connectivity index (χ2v) is 9.55. The molecule has 0 aliphatic carbocycles. The smallest absolute Gasteiger partial charge is 0.338 e. The summed E-state index contributed by atoms with van der Waals surface area (Å²) in [6.07, 6.45) is 1.83. The molecule has 0 unspecified atom stereocenters. The summed E-state index contributed by atoms with van der Waals surface area (Å²) >= 11 is 1.26. The number of morpholine rings is 1. The van der Waals surface area contributed by atoms with Gasteiger partial charge in [-0.3, -0.25) is 9.36 Å². The first-order valence-electron chi connectivity index (χ1n) is 11.8. The first-order chi connectivity index (χ1) is 17.5. The number of fused-ring (bicyclic) bond motifs is 1. The van der Waals surface area contributed by atoms with Crippen LogP contribution in [0.5, 0.6) is 0 Å². The lowest BCUT2D eigenvalue weighted by Crippen LogP contribution is -2.39. The van der Waals surface area contributed by atoms with Crippen LogP contribution >= 0.6 is 11.3 Å². The van der Waals surface area contributed by atoms with Gasteiger partial charge in [0.2, 0.25) is 0 Å². The van der Waals surface area contributed by atoms with E-state index in [2.05, 4.69) is 9.89 Å². The fourth-order valence-electron chi connectivity index (χ4n) is 4.51. The molecule has 1 aromatic heterocycles. The van der Waals surface area contributed by atoms with Gasteiger partial charge in [-0.25, -0.2) is 14.2 Å². The van der Waals surface area contributed by atoms with Gasteiger partial charge in [0, 0.05) is 18.8 Å². The van der Waals surface area contributed by atoms with Gasteiger partial charge < -0.3 is 14.4 Å². The zero-order valence-electron chi connectivity index (χ0n) is 20.1. The second kappa shape index (κ2) is 10.2. The summed E-state index contributed by atoms with van der Waals surface area (Å²) in [4.78, 5) is 33.8. The minimum Gasteiger partial charge on any atom is -0.463 e. The van der Waals surface area contributed by atoms with E-state index in [0.29, 0.717) is 33.8 Å². The molecule has 5 rings (SSSR count). The predicted molar refractivity (Wildman–Crippen MR) is 136 cm³/mol. The van der Waals surface area contributed by atoms with Gasteiger partial charge in [0.25, 0.3) is 5.56 Å². The molecule has 0 bridgehead atoms. The molecule has 2 aliphatic heterocycles. The number of thiazole rings is 1. The van der Waals surface area contributed by atoms with Crippen molar-refractivity contribution >= 4 is 29.1 Å². The van der Waals surface area contributed by atoms with Crippen molar-refractivity contribution < 1.29 is 18.7 Å². The SMILES string of the molecule is CCOC(=O)C1=C(C)N=c2s/c(=C/c3ccc(N4CCOCC4)cc3)c(=O)n2[C@H]1c1ccc(F)cc1. The van der Waals surface area contributed by atoms with Gasteiger partial charge in [-0.15, -0.1) is 0 Å². The molecule has 0 spiro atoms. The van der Waals surface area contributed by atoms with Crippen LogP contribution in [0.2, 0.25) is 0 Å². The van der Waals surface area contributed by atoms with Gasteiger partial charge in [-0.05, 0) is 55.3 Å². The molecule has 2 aromatic carbocycles. The molecule has 186 valence electrons. The number of carbonyl (C=O) groups excluding carboxylic acids is 1. The maximum absolute atomic E-state index is 13.7. The van der Waals surface area contributed by atoms with Gasteiger partial charge >= 0.3 is 5.97 Å². The maximum atomic E-state index is 13.7. The molecular formula is C27H26FN3O4S. The Morgan fingerprint density at radius 3 is 2.53 bits per heavy atom. The van der Waals surface area contributed by atoms with Crippen molar-refractivity contribution in [3.8, 4) is 0 Å². The molecule has 3 heterocycles. The molecule has 7 nitrogen and oxygen atoms in total. The monoisotopic (exact) mass is 507 g/mol. The molecule has 0 saturated carbocycles. The van der Waals surface area contributed by atoms with Gasteiger partial charge in [0.1, 0.15) is 5.82 Å². The third kappa shape index (κ3) is 4.64. The van der Waals surface area contributed by atoms with Crippen LogP contribution < -0.4 is 19.8 Å². The third-order valence-corrected chi connectivity index (χ3v) is 7.25. The van der Waals surface area contributed by atoms with E-state index in [1.807, 2.05) is 30.3 Å². The lowest BCUT2D eigenvalue weighted by Gasteiger charge is -2.28. The normalized spacial score (nSPS) is 18.1. The number of hydrogen-bond donors (Lipinski definition) is 0. The van der Waals surface area contributed by atoms with Gasteiger partial charge in [0.05, 0.1) is 41.7 Å². The molecule has 0 amide bonds. The van der Waals surface area contributed by atoms with Crippen molar-refractivity contribution in [2.24, 2.45) is 4.99 Å². The highest BCUT2D eigenvalue weighted by molar-refractivity contribution is 7.07. The molecule has 0 N–H and O–H groups in total. The van der Waals surface area contributed by atoms with Crippen LogP contribution in [0.3, 0.4) is 0 Å². The van der Waals surface area contributed by atoms with Crippen LogP contribution in [-0.2, 0) is 14.3 Å². The van der Waals surface area contributed by atoms with E-state index in [4.69, 9.17) is 9.47 Å². The number of benzene rings is 2. The molecule has 1 saturated heterocycles. The molecule has 36 heavy (non-hydrogen) atoms. The number of carbonyl (C=O) groups is 1. The van der Waals surface area contributed by atoms with E-state index in [-0.39, 0.29) is 17.7 Å². The van der Waals surface area contributed by atoms with E-state index < -0.39 is 17.8 Å². The summed E-state index contributed by atoms with van der Waals surface area (Å²) in [7, 11) is 0. The molecule has 1 fully saturated rings. The van der Waals surface area contributed by atoms with E-state index in [0.717, 1.165) is 24.3 Å². The zero-order chi connectivity index (χ0) is 25.2. The van der Waals surface area contributed by atoms with Crippen LogP contribution in [0.25, 0.3) is 6.08 Å². The van der Waals surface area contributed by atoms with Crippen molar-refractivity contribution in [1.29, 1.82) is 0 Å². The van der Waals surface area contributed by atoms with Crippen LogP contribution in [0, 0.1) is 5.82 Å². The van der Waals surface area contributed by atoms with E-state index in [1.54, 1.807) is 26.0 Å². The largest absolute Gasteiger partial charge is 0.463 e. The summed E-state index contributed by atoms with van der Waals surface area (Å²) in [5.41, 5.74) is 3.10. The standard InChI is InChI=1S/C27H26FN3O4S/c1-3-35-26(33)23-17(2)29-27-31(24(23)19-6-8-20(28)9-7-19)25(32)22(36-27)16-18-4-10-21(11-5-18)30-12-14-34-15-13-30/h4-11,16,24H,3,12-15H2,1-2H3/b22-16+/t24-/m0/s1. The lowest BCUT2D eigenvalue weighted by atomic mass is 9.96. The van der Waals surface area contributed by atoms with Gasteiger partial charge in [-0.2, -0.15) is 0 Å². The van der Waals surface area contributed by atoms with E-state index >= 15 is 0 Å². The Kier molecular flexibility index (Phi) is 6.84. The first kappa shape index (κ1) is 24.1. The Balaban J connectivity index is 1.58. The Labute approximate surface area is 211 Å². The minimum atomic E-state index is -0.758. The van der Waals surface area contributed by atoms with Gasteiger partial charge in [0.15, 0.2) is 4.80 Å². The Morgan fingerprint density at radius 2 is 1.86 bits per heavy atom. The first-order valence-corrected chi connectivity index (χ1v) is 12.7. The summed E-state index contributed by atoms with van der Waals surface area (Å²) in [5.74, 6) is -0.939. The van der Waals surface area contributed by atoms with Gasteiger partial charge in [-0.1, -0.05) is 35.6 Å². The van der Waals surface area contributed by atoms with Crippen LogP contribution in [0.1, 0.15) is 31.0 Å². The van der Waals surface area contributed by atoms with Crippen molar-refractivity contribution in [3.63, 3.8) is 0 Å². The summed E-state index contributed by atoms with van der Waals surface area (Å²) in [6, 6.07) is 13.1. The van der Waals surface area contributed by atoms with Crippen molar-refractivity contribution in [1.82, 2.24) is 4.57 Å². The number of halogens is 1. The highest BCUT2D eigenvalue weighted by atomic mass is 32.1. The quantitative estimate of drug-likeness (QED) is 0.497. The van der Waals surface area contributed by atoms with Crippen LogP contribution in [0.15, 0.2) is 69.6 Å². The van der Waals surface area contributed by atoms with Crippen LogP contribution in [-0.4, -0.2) is 43.4 Å². The van der Waals surface area contributed by atoms with E-state index in [1.165, 1.54) is 28.0 Å². The molecule has 0 radical (unpaired) electrons. The number of hydrogen-bond acceptors (Lipinski definition) is 7. The zero-order valence-corrected chi connectivity index (χ0v) is 20.9. The fourth-order valence-corrected chi connectivity index (χ4v) is 5.55. The second-order valence-electron chi connectivity index (χ2n) is 8.54. The van der Waals surface area contributed by atoms with E-state index in [9.17, 15) is 14.0 Å². The lowest BCUT2D eigenvalue weighted by molar-refractivity contribution is -0.139. The average Bonchev–Trinajstić information content (AvgIpc) is 3.19. The average molecular weight is 508 g/mol. The minimum absolute atomic E-state index is 0.191. The maximum Gasteiger partial charge on any atom is 0.338 e. The Bertz CT molecular complexity index is 1480. The van der Waals surface area contributed by atoms with Crippen molar-refractivity contribution in [3.05, 3.63) is 96.4 Å². The number of ether oxygens (including phenoxy) is 2. The molecule has 9 heteroatoms. The summed E-state index contributed by atoms with van der Waals surface area (Å²) in [6.45, 7) is 6.77. The van der Waals surface area contributed by atoms with Crippen molar-refractivity contribution in [2.45, 2.75) is 19.9 Å². The number of rotatable bonds is 5. The molecule has 3 aromatic rings. The highest BCUT2D eigenvalue weighted by Gasteiger charge is 2.33. The number of aromatic nitrogens is 1. The predicted octanol–water partition coefficient (Wildman–Crippen LogP) is 2.77. The number of anilines is 1.